The molecule has 2 aliphatic rings. The first-order chi connectivity index (χ1) is 17.7. The van der Waals surface area contributed by atoms with Gasteiger partial charge in [-0.1, -0.05) is 18.2 Å². The minimum absolute atomic E-state index is 0.271. The van der Waals surface area contributed by atoms with E-state index in [2.05, 4.69) is 69.2 Å². The van der Waals surface area contributed by atoms with Crippen LogP contribution in [0.2, 0.25) is 0 Å². The largest absolute Gasteiger partial charge is 0.493 e. The zero-order chi connectivity index (χ0) is 24.7. The number of hydrogen-bond donors (Lipinski definition) is 0. The molecule has 0 atom stereocenters. The van der Waals surface area contributed by atoms with Gasteiger partial charge in [-0.25, -0.2) is 0 Å². The van der Waals surface area contributed by atoms with Crippen LogP contribution in [0.4, 0.5) is 11.4 Å². The summed E-state index contributed by atoms with van der Waals surface area (Å²) in [4.78, 5) is 11.7. The first kappa shape index (κ1) is 24.6. The maximum Gasteiger partial charge on any atom is 0.163 e. The summed E-state index contributed by atoms with van der Waals surface area (Å²) in [6.45, 7) is 6.17. The van der Waals surface area contributed by atoms with Gasteiger partial charge in [-0.2, -0.15) is 0 Å². The summed E-state index contributed by atoms with van der Waals surface area (Å²) in [5.41, 5.74) is 4.76. The summed E-state index contributed by atoms with van der Waals surface area (Å²) in [6, 6.07) is 19.4. The topological polar surface area (TPSA) is 41.1 Å². The Morgan fingerprint density at radius 1 is 0.889 bits per heavy atom. The highest BCUT2D eigenvalue weighted by Gasteiger charge is 2.21. The molecule has 6 nitrogen and oxygen atoms in total. The second-order valence-corrected chi connectivity index (χ2v) is 10.1. The van der Waals surface area contributed by atoms with Crippen LogP contribution in [-0.2, 0) is 13.1 Å². The second kappa shape index (κ2) is 11.8. The Morgan fingerprint density at radius 3 is 2.42 bits per heavy atom. The predicted molar refractivity (Wildman–Crippen MR) is 145 cm³/mol. The molecule has 190 valence electrons. The molecule has 2 aromatic carbocycles. The summed E-state index contributed by atoms with van der Waals surface area (Å²) in [6.07, 6.45) is 8.74. The molecule has 1 aromatic heterocycles. The van der Waals surface area contributed by atoms with Crippen LogP contribution in [0.1, 0.15) is 36.8 Å². The summed E-state index contributed by atoms with van der Waals surface area (Å²) < 4.78 is 12.1. The van der Waals surface area contributed by atoms with Gasteiger partial charge in [0, 0.05) is 69.1 Å². The Bertz CT molecular complexity index is 1110. The van der Waals surface area contributed by atoms with E-state index in [4.69, 9.17) is 9.47 Å². The molecular weight excluding hydrogens is 448 g/mol. The standard InChI is InChI=1S/C30H38N4O2/c1-32-15-17-33(18-16-32)22-24-7-5-9-26(19-24)34(23-25-8-6-14-31-21-25)27-12-13-29(35-2)30(20-27)36-28-10-3-4-11-28/h5-9,12-14,19-21,28H,3-4,10-11,15-18,22-23H2,1-2H3. The van der Waals surface area contributed by atoms with Crippen molar-refractivity contribution in [1.82, 2.24) is 14.8 Å². The number of hydrogen-bond acceptors (Lipinski definition) is 6. The molecule has 0 unspecified atom stereocenters. The van der Waals surface area contributed by atoms with Crippen molar-refractivity contribution in [3.8, 4) is 11.5 Å². The SMILES string of the molecule is COc1ccc(N(Cc2cccnc2)c2cccc(CN3CCN(C)CC3)c2)cc1OC1CCCC1. The number of piperazine rings is 1. The molecule has 1 aliphatic heterocycles. The normalized spacial score (nSPS) is 17.3. The Labute approximate surface area is 215 Å². The molecule has 2 heterocycles. The van der Waals surface area contributed by atoms with Crippen molar-refractivity contribution in [2.45, 2.75) is 44.9 Å². The van der Waals surface area contributed by atoms with Crippen molar-refractivity contribution >= 4 is 11.4 Å². The van der Waals surface area contributed by atoms with Crippen molar-refractivity contribution in [3.05, 3.63) is 78.1 Å². The van der Waals surface area contributed by atoms with Gasteiger partial charge >= 0.3 is 0 Å². The zero-order valence-corrected chi connectivity index (χ0v) is 21.6. The quantitative estimate of drug-likeness (QED) is 0.398. The molecule has 36 heavy (non-hydrogen) atoms. The van der Waals surface area contributed by atoms with E-state index < -0.39 is 0 Å². The van der Waals surface area contributed by atoms with E-state index in [9.17, 15) is 0 Å². The van der Waals surface area contributed by atoms with E-state index >= 15 is 0 Å². The zero-order valence-electron chi connectivity index (χ0n) is 21.6. The molecule has 0 N–H and O–H groups in total. The lowest BCUT2D eigenvalue weighted by atomic mass is 10.1. The molecule has 0 radical (unpaired) electrons. The summed E-state index contributed by atoms with van der Waals surface area (Å²) in [7, 11) is 3.92. The fraction of sp³-hybridized carbons (Fsp3) is 0.433. The van der Waals surface area contributed by atoms with Crippen molar-refractivity contribution < 1.29 is 9.47 Å². The number of likely N-dealkylation sites (N-methyl/N-ethyl adjacent to an activating group) is 1. The minimum Gasteiger partial charge on any atom is -0.493 e. The van der Waals surface area contributed by atoms with E-state index in [-0.39, 0.29) is 6.10 Å². The fourth-order valence-corrected chi connectivity index (χ4v) is 5.20. The minimum atomic E-state index is 0.271. The van der Waals surface area contributed by atoms with Crippen LogP contribution in [0.3, 0.4) is 0 Å². The first-order valence-corrected chi connectivity index (χ1v) is 13.2. The highest BCUT2D eigenvalue weighted by Crippen LogP contribution is 2.38. The van der Waals surface area contributed by atoms with Crippen LogP contribution in [-0.4, -0.2) is 61.2 Å². The highest BCUT2D eigenvalue weighted by atomic mass is 16.5. The number of methoxy groups -OCH3 is 1. The molecule has 2 fully saturated rings. The van der Waals surface area contributed by atoms with Gasteiger partial charge in [-0.15, -0.1) is 0 Å². The molecule has 5 rings (SSSR count). The maximum atomic E-state index is 6.43. The average molecular weight is 487 g/mol. The van der Waals surface area contributed by atoms with E-state index in [1.54, 1.807) is 7.11 Å². The lowest BCUT2D eigenvalue weighted by Gasteiger charge is -2.32. The van der Waals surface area contributed by atoms with Gasteiger partial charge in [0.2, 0.25) is 0 Å². The third-order valence-corrected chi connectivity index (χ3v) is 7.34. The molecule has 3 aromatic rings. The van der Waals surface area contributed by atoms with E-state index in [0.29, 0.717) is 0 Å². The van der Waals surface area contributed by atoms with Gasteiger partial charge in [0.25, 0.3) is 0 Å². The van der Waals surface area contributed by atoms with Gasteiger partial charge in [0.1, 0.15) is 0 Å². The molecule has 1 aliphatic carbocycles. The molecule has 1 saturated heterocycles. The summed E-state index contributed by atoms with van der Waals surface area (Å²) >= 11 is 0. The first-order valence-electron chi connectivity index (χ1n) is 13.2. The van der Waals surface area contributed by atoms with Crippen LogP contribution >= 0.6 is 0 Å². The van der Waals surface area contributed by atoms with Gasteiger partial charge in [0.05, 0.1) is 13.2 Å². The smallest absolute Gasteiger partial charge is 0.163 e. The lowest BCUT2D eigenvalue weighted by Crippen LogP contribution is -2.43. The number of rotatable bonds is 9. The number of nitrogens with zero attached hydrogens (tertiary/aromatic N) is 4. The number of pyridine rings is 1. The van der Waals surface area contributed by atoms with E-state index in [1.807, 2.05) is 24.5 Å². The van der Waals surface area contributed by atoms with Crippen LogP contribution in [0.25, 0.3) is 0 Å². The number of benzene rings is 2. The molecule has 0 spiro atoms. The molecule has 6 heteroatoms. The predicted octanol–water partition coefficient (Wildman–Crippen LogP) is 5.50. The van der Waals surface area contributed by atoms with Crippen LogP contribution < -0.4 is 14.4 Å². The van der Waals surface area contributed by atoms with Crippen molar-refractivity contribution in [2.24, 2.45) is 0 Å². The van der Waals surface area contributed by atoms with Crippen molar-refractivity contribution in [3.63, 3.8) is 0 Å². The van der Waals surface area contributed by atoms with E-state index in [1.165, 1.54) is 24.1 Å². The average Bonchev–Trinajstić information content (AvgIpc) is 3.42. The van der Waals surface area contributed by atoms with Crippen molar-refractivity contribution in [1.29, 1.82) is 0 Å². The Balaban J connectivity index is 1.44. The summed E-state index contributed by atoms with van der Waals surface area (Å²) in [5, 5.41) is 0. The molecule has 0 amide bonds. The third-order valence-electron chi connectivity index (χ3n) is 7.34. The Hall–Kier alpha value is -3.09. The van der Waals surface area contributed by atoms with Gasteiger partial charge in [-0.05, 0) is 74.2 Å². The number of aromatic nitrogens is 1. The molecular formula is C30H38N4O2. The van der Waals surface area contributed by atoms with Gasteiger partial charge in [0.15, 0.2) is 11.5 Å². The van der Waals surface area contributed by atoms with E-state index in [0.717, 1.165) is 74.9 Å². The highest BCUT2D eigenvalue weighted by molar-refractivity contribution is 5.67. The monoisotopic (exact) mass is 486 g/mol. The van der Waals surface area contributed by atoms with Crippen LogP contribution in [0, 0.1) is 0 Å². The Morgan fingerprint density at radius 2 is 1.67 bits per heavy atom. The number of ether oxygens (including phenoxy) is 2. The van der Waals surface area contributed by atoms with Gasteiger partial charge < -0.3 is 19.3 Å². The number of anilines is 2. The van der Waals surface area contributed by atoms with Gasteiger partial charge in [-0.3, -0.25) is 9.88 Å². The van der Waals surface area contributed by atoms with Crippen LogP contribution in [0.5, 0.6) is 11.5 Å². The third kappa shape index (κ3) is 6.18. The molecule has 0 bridgehead atoms. The van der Waals surface area contributed by atoms with Crippen molar-refractivity contribution in [2.75, 3.05) is 45.2 Å². The fourth-order valence-electron chi connectivity index (χ4n) is 5.20. The maximum absolute atomic E-state index is 6.43. The summed E-state index contributed by atoms with van der Waals surface area (Å²) in [5.74, 6) is 1.61. The van der Waals surface area contributed by atoms with Crippen LogP contribution in [0.15, 0.2) is 67.0 Å². The Kier molecular flexibility index (Phi) is 8.04. The molecule has 1 saturated carbocycles. The second-order valence-electron chi connectivity index (χ2n) is 10.1. The lowest BCUT2D eigenvalue weighted by molar-refractivity contribution is 0.148.